The summed E-state index contributed by atoms with van der Waals surface area (Å²) in [4.78, 5) is 31.8. The van der Waals surface area contributed by atoms with Crippen molar-refractivity contribution in [3.63, 3.8) is 0 Å². The first-order valence-electron chi connectivity index (χ1n) is 8.98. The Hall–Kier alpha value is -3.53. The van der Waals surface area contributed by atoms with Gasteiger partial charge in [0.15, 0.2) is 9.84 Å². The van der Waals surface area contributed by atoms with Crippen LogP contribution < -0.4 is 16.0 Å². The lowest BCUT2D eigenvalue weighted by Gasteiger charge is -2.13. The molecule has 0 aliphatic rings. The number of carbonyl (C=O) groups excluding carboxylic acids is 1. The Balaban J connectivity index is 1.72. The van der Waals surface area contributed by atoms with Gasteiger partial charge in [-0.15, -0.1) is 0 Å². The zero-order valence-electron chi connectivity index (χ0n) is 16.1. The summed E-state index contributed by atoms with van der Waals surface area (Å²) in [5, 5.41) is -1.33. The van der Waals surface area contributed by atoms with E-state index in [0.29, 0.717) is 11.3 Å². The molecule has 9 nitrogen and oxygen atoms in total. The van der Waals surface area contributed by atoms with Gasteiger partial charge in [-0.2, -0.15) is 0 Å². The van der Waals surface area contributed by atoms with Crippen molar-refractivity contribution in [1.29, 1.82) is 0 Å². The van der Waals surface area contributed by atoms with Crippen molar-refractivity contribution in [2.24, 2.45) is 5.73 Å². The standard InChI is InChI=1S/C20H20N4O5S/c1-30(27,28)17(19(21)26)8-12-24-11-7-15(13-18(24)25)14-3-5-16(6-4-14)29-20-22-9-2-10-23-20/h2-7,9-11,13,17H,8,12H2,1H3,(H2,21,26). The molecule has 30 heavy (non-hydrogen) atoms. The highest BCUT2D eigenvalue weighted by Gasteiger charge is 2.26. The van der Waals surface area contributed by atoms with Gasteiger partial charge >= 0.3 is 6.01 Å². The molecular weight excluding hydrogens is 408 g/mol. The van der Waals surface area contributed by atoms with Crippen molar-refractivity contribution >= 4 is 15.7 Å². The average Bonchev–Trinajstić information content (AvgIpc) is 2.69. The first kappa shape index (κ1) is 21.2. The molecule has 2 heterocycles. The summed E-state index contributed by atoms with van der Waals surface area (Å²) in [7, 11) is -3.64. The molecule has 1 unspecified atom stereocenters. The quantitative estimate of drug-likeness (QED) is 0.573. The molecule has 3 rings (SSSR count). The highest BCUT2D eigenvalue weighted by atomic mass is 32.2. The van der Waals surface area contributed by atoms with Gasteiger partial charge in [-0.1, -0.05) is 12.1 Å². The van der Waals surface area contributed by atoms with Crippen LogP contribution in [0.5, 0.6) is 11.8 Å². The average molecular weight is 428 g/mol. The van der Waals surface area contributed by atoms with Crippen LogP contribution in [0.15, 0.2) is 65.8 Å². The summed E-state index contributed by atoms with van der Waals surface area (Å²) in [6.45, 7) is 0.0592. The number of amides is 1. The van der Waals surface area contributed by atoms with Crippen molar-refractivity contribution in [2.45, 2.75) is 18.2 Å². The third-order valence-corrected chi connectivity index (χ3v) is 5.90. The number of aryl methyl sites for hydroxylation is 1. The van der Waals surface area contributed by atoms with Crippen molar-refractivity contribution in [3.05, 3.63) is 71.4 Å². The number of nitrogens with zero attached hydrogens (tertiary/aromatic N) is 3. The molecule has 1 aromatic carbocycles. The summed E-state index contributed by atoms with van der Waals surface area (Å²) in [5.41, 5.74) is 6.33. The van der Waals surface area contributed by atoms with E-state index >= 15 is 0 Å². The lowest BCUT2D eigenvalue weighted by molar-refractivity contribution is -0.117. The van der Waals surface area contributed by atoms with Crippen LogP contribution in [-0.4, -0.2) is 40.4 Å². The van der Waals surface area contributed by atoms with Crippen LogP contribution in [0.4, 0.5) is 0 Å². The number of hydrogen-bond acceptors (Lipinski definition) is 7. The van der Waals surface area contributed by atoms with Gasteiger partial charge in [0.1, 0.15) is 11.0 Å². The smallest absolute Gasteiger partial charge is 0.321 e. The van der Waals surface area contributed by atoms with Crippen LogP contribution in [0.1, 0.15) is 6.42 Å². The van der Waals surface area contributed by atoms with E-state index in [1.165, 1.54) is 10.6 Å². The maximum Gasteiger partial charge on any atom is 0.321 e. The molecule has 2 aromatic heterocycles. The number of primary amides is 1. The highest BCUT2D eigenvalue weighted by Crippen LogP contribution is 2.23. The topological polar surface area (TPSA) is 134 Å². The monoisotopic (exact) mass is 428 g/mol. The van der Waals surface area contributed by atoms with Crippen molar-refractivity contribution < 1.29 is 17.9 Å². The number of aromatic nitrogens is 3. The van der Waals surface area contributed by atoms with Crippen molar-refractivity contribution in [2.75, 3.05) is 6.26 Å². The van der Waals surface area contributed by atoms with Gasteiger partial charge in [0.25, 0.3) is 5.56 Å². The molecule has 10 heteroatoms. The molecule has 0 fully saturated rings. The fraction of sp³-hybridized carbons (Fsp3) is 0.200. The largest absolute Gasteiger partial charge is 0.424 e. The third kappa shape index (κ3) is 5.29. The molecule has 0 saturated carbocycles. The molecule has 0 aliphatic carbocycles. The maximum atomic E-state index is 12.4. The number of rotatable bonds is 8. The van der Waals surface area contributed by atoms with Gasteiger partial charge in [-0.05, 0) is 41.8 Å². The molecule has 0 saturated heterocycles. The number of pyridine rings is 1. The van der Waals surface area contributed by atoms with Gasteiger partial charge in [0.2, 0.25) is 5.91 Å². The Morgan fingerprint density at radius 2 is 1.80 bits per heavy atom. The minimum Gasteiger partial charge on any atom is -0.424 e. The molecule has 0 bridgehead atoms. The predicted molar refractivity (Wildman–Crippen MR) is 111 cm³/mol. The number of carbonyl (C=O) groups is 1. The molecule has 1 amide bonds. The van der Waals surface area contributed by atoms with Crippen LogP contribution in [0, 0.1) is 0 Å². The summed E-state index contributed by atoms with van der Waals surface area (Å²) in [6.07, 6.45) is 5.59. The SMILES string of the molecule is CS(=O)(=O)C(CCn1ccc(-c2ccc(Oc3ncccn3)cc2)cc1=O)C(N)=O. The van der Waals surface area contributed by atoms with Crippen LogP contribution in [0.25, 0.3) is 11.1 Å². The van der Waals surface area contributed by atoms with E-state index in [-0.39, 0.29) is 24.5 Å². The van der Waals surface area contributed by atoms with E-state index in [1.807, 2.05) is 0 Å². The van der Waals surface area contributed by atoms with Gasteiger partial charge in [0, 0.05) is 37.5 Å². The van der Waals surface area contributed by atoms with E-state index < -0.39 is 21.0 Å². The Morgan fingerprint density at radius 1 is 1.13 bits per heavy atom. The molecule has 0 spiro atoms. The van der Waals surface area contributed by atoms with Gasteiger partial charge in [-0.25, -0.2) is 18.4 Å². The van der Waals surface area contributed by atoms with E-state index in [1.54, 1.807) is 55.0 Å². The number of ether oxygens (including phenoxy) is 1. The van der Waals surface area contributed by atoms with Crippen LogP contribution in [0.3, 0.4) is 0 Å². The first-order valence-corrected chi connectivity index (χ1v) is 10.9. The highest BCUT2D eigenvalue weighted by molar-refractivity contribution is 7.92. The number of benzene rings is 1. The maximum absolute atomic E-state index is 12.4. The molecule has 0 aliphatic heterocycles. The molecule has 1 atom stereocenters. The molecule has 0 radical (unpaired) electrons. The number of sulfone groups is 1. The Kier molecular flexibility index (Phi) is 6.26. The van der Waals surface area contributed by atoms with Gasteiger partial charge in [-0.3, -0.25) is 9.59 Å². The summed E-state index contributed by atoms with van der Waals surface area (Å²) < 4.78 is 30.2. The predicted octanol–water partition coefficient (Wildman–Crippen LogP) is 1.39. The zero-order chi connectivity index (χ0) is 21.7. The third-order valence-electron chi connectivity index (χ3n) is 4.40. The second-order valence-corrected chi connectivity index (χ2v) is 8.84. The van der Waals surface area contributed by atoms with Crippen LogP contribution >= 0.6 is 0 Å². The van der Waals surface area contributed by atoms with E-state index in [2.05, 4.69) is 9.97 Å². The lowest BCUT2D eigenvalue weighted by Crippen LogP contribution is -2.36. The fourth-order valence-corrected chi connectivity index (χ4v) is 3.81. The fourth-order valence-electron chi connectivity index (χ4n) is 2.85. The second kappa shape index (κ2) is 8.87. The van der Waals surface area contributed by atoms with E-state index in [0.717, 1.165) is 11.8 Å². The lowest BCUT2D eigenvalue weighted by atomic mass is 10.1. The van der Waals surface area contributed by atoms with Crippen molar-refractivity contribution in [3.8, 4) is 22.9 Å². The zero-order valence-corrected chi connectivity index (χ0v) is 17.0. The second-order valence-electron chi connectivity index (χ2n) is 6.61. The first-order chi connectivity index (χ1) is 14.2. The summed E-state index contributed by atoms with van der Waals surface area (Å²) in [5.74, 6) is -0.373. The van der Waals surface area contributed by atoms with Crippen LogP contribution in [0.2, 0.25) is 0 Å². The number of nitrogens with two attached hydrogens (primary N) is 1. The van der Waals surface area contributed by atoms with Crippen LogP contribution in [-0.2, 0) is 21.2 Å². The van der Waals surface area contributed by atoms with E-state index in [9.17, 15) is 18.0 Å². The minimum absolute atomic E-state index is 0.0592. The molecular formula is C20H20N4O5S. The molecule has 156 valence electrons. The van der Waals surface area contributed by atoms with E-state index in [4.69, 9.17) is 10.5 Å². The van der Waals surface area contributed by atoms with Gasteiger partial charge in [0.05, 0.1) is 0 Å². The number of hydrogen-bond donors (Lipinski definition) is 1. The Morgan fingerprint density at radius 3 is 2.37 bits per heavy atom. The van der Waals surface area contributed by atoms with Gasteiger partial charge < -0.3 is 15.0 Å². The normalized spacial score (nSPS) is 12.3. The summed E-state index contributed by atoms with van der Waals surface area (Å²) in [6, 6.07) is 12.2. The molecule has 3 aromatic rings. The Bertz CT molecular complexity index is 1190. The Labute approximate surface area is 173 Å². The molecule has 2 N–H and O–H groups in total. The van der Waals surface area contributed by atoms with Crippen molar-refractivity contribution in [1.82, 2.24) is 14.5 Å². The summed E-state index contributed by atoms with van der Waals surface area (Å²) >= 11 is 0. The minimum atomic E-state index is -3.64.